The highest BCUT2D eigenvalue weighted by atomic mass is 16.5. The Bertz CT molecular complexity index is 1890. The van der Waals surface area contributed by atoms with Gasteiger partial charge in [-0.2, -0.15) is 0 Å². The first-order chi connectivity index (χ1) is 19.9. The Morgan fingerprint density at radius 1 is 0.643 bits per heavy atom. The van der Waals surface area contributed by atoms with E-state index < -0.39 is 57.7 Å². The number of benzene rings is 4. The van der Waals surface area contributed by atoms with Gasteiger partial charge in [-0.05, 0) is 35.4 Å². The molecule has 2 aliphatic rings. The minimum Gasteiger partial charge on any atom is -0.508 e. The number of rotatable bonds is 3. The molecule has 0 radical (unpaired) electrons. The first-order valence-electron chi connectivity index (χ1n) is 12.3. The Kier molecular flexibility index (Phi) is 5.78. The first kappa shape index (κ1) is 26.2. The van der Waals surface area contributed by atoms with Gasteiger partial charge in [-0.15, -0.1) is 0 Å². The number of hydrogen-bond donors (Lipinski definition) is 8. The average Bonchev–Trinajstić information content (AvgIpc) is 3.23. The summed E-state index contributed by atoms with van der Waals surface area (Å²) in [7, 11) is 0. The number of fused-ring (bicyclic) bond motifs is 2. The maximum atomic E-state index is 13.2. The molecular weight excluding hydrogens is 552 g/mol. The second-order valence-electron chi connectivity index (χ2n) is 9.65. The molecule has 1 atom stereocenters. The third kappa shape index (κ3) is 4.01. The zero-order valence-electron chi connectivity index (χ0n) is 21.2. The molecule has 212 valence electrons. The number of ketones is 2. The van der Waals surface area contributed by atoms with Gasteiger partial charge in [-0.25, -0.2) is 0 Å². The predicted molar refractivity (Wildman–Crippen MR) is 143 cm³/mol. The Balaban J connectivity index is 1.46. The number of carbonyl (C=O) groups is 2. The van der Waals surface area contributed by atoms with Crippen LogP contribution in [0.25, 0.3) is 17.2 Å². The molecule has 0 bridgehead atoms. The van der Waals surface area contributed by atoms with Crippen molar-refractivity contribution >= 4 is 17.6 Å². The molecule has 12 heteroatoms. The average molecular weight is 572 g/mol. The number of hydrogen-bond acceptors (Lipinski definition) is 12. The third-order valence-electron chi connectivity index (χ3n) is 7.00. The van der Waals surface area contributed by atoms with Crippen molar-refractivity contribution in [1.82, 2.24) is 0 Å². The van der Waals surface area contributed by atoms with Gasteiger partial charge in [0.15, 0.2) is 34.5 Å². The van der Waals surface area contributed by atoms with Gasteiger partial charge in [0.25, 0.3) is 0 Å². The number of phenolic OH excluding ortho intramolecular Hbond substituents is 8. The fraction of sp³-hybridized carbons (Fsp3) is 0.0667. The molecule has 12 nitrogen and oxygen atoms in total. The summed E-state index contributed by atoms with van der Waals surface area (Å²) in [5, 5.41) is 82.6. The highest BCUT2D eigenvalue weighted by Crippen LogP contribution is 2.53. The van der Waals surface area contributed by atoms with Crippen molar-refractivity contribution in [3.8, 4) is 68.6 Å². The molecule has 0 saturated carbocycles. The van der Waals surface area contributed by atoms with Gasteiger partial charge in [-0.3, -0.25) is 9.59 Å². The van der Waals surface area contributed by atoms with E-state index in [1.165, 1.54) is 24.3 Å². The van der Waals surface area contributed by atoms with Crippen molar-refractivity contribution in [2.75, 3.05) is 0 Å². The van der Waals surface area contributed by atoms with E-state index in [4.69, 9.17) is 9.47 Å². The Morgan fingerprint density at radius 2 is 1.36 bits per heavy atom. The van der Waals surface area contributed by atoms with Crippen LogP contribution in [0.1, 0.15) is 44.4 Å². The summed E-state index contributed by atoms with van der Waals surface area (Å²) in [5.41, 5.74) is -1.08. The number of aromatic hydroxyl groups is 8. The molecule has 0 saturated heterocycles. The van der Waals surface area contributed by atoms with E-state index in [1.54, 1.807) is 0 Å². The van der Waals surface area contributed by atoms with Crippen LogP contribution in [0.5, 0.6) is 57.5 Å². The van der Waals surface area contributed by atoms with Crippen molar-refractivity contribution in [2.24, 2.45) is 0 Å². The molecule has 0 fully saturated rings. The zero-order chi connectivity index (χ0) is 30.0. The molecule has 0 amide bonds. The largest absolute Gasteiger partial charge is 0.508 e. The summed E-state index contributed by atoms with van der Waals surface area (Å²) in [6.07, 6.45) is -0.106. The molecule has 42 heavy (non-hydrogen) atoms. The molecule has 8 N–H and O–H groups in total. The smallest absolute Gasteiger partial charge is 0.235 e. The summed E-state index contributed by atoms with van der Waals surface area (Å²) in [6, 6.07) is 9.29. The lowest BCUT2D eigenvalue weighted by molar-refractivity contribution is 0.0844. The maximum absolute atomic E-state index is 13.2. The van der Waals surface area contributed by atoms with Gasteiger partial charge in [0.2, 0.25) is 5.78 Å². The van der Waals surface area contributed by atoms with Gasteiger partial charge < -0.3 is 50.3 Å². The minimum atomic E-state index is -0.932. The number of ether oxygens (including phenoxy) is 2. The number of allylic oxidation sites excluding steroid dienone is 1. The van der Waals surface area contributed by atoms with Crippen LogP contribution in [0, 0.1) is 0 Å². The van der Waals surface area contributed by atoms with E-state index in [1.807, 2.05) is 0 Å². The number of Topliss-reactive ketones (excluding diaryl/α,β-unsaturated/α-hetero) is 2. The lowest BCUT2D eigenvalue weighted by atomic mass is 9.89. The van der Waals surface area contributed by atoms with Gasteiger partial charge in [0.05, 0.1) is 12.0 Å². The Labute approximate surface area is 235 Å². The van der Waals surface area contributed by atoms with Crippen molar-refractivity contribution in [2.45, 2.75) is 12.5 Å². The second kappa shape index (κ2) is 9.27. The highest BCUT2D eigenvalue weighted by Gasteiger charge is 2.36. The lowest BCUT2D eigenvalue weighted by Crippen LogP contribution is -2.20. The van der Waals surface area contributed by atoms with Gasteiger partial charge in [0, 0.05) is 23.8 Å². The summed E-state index contributed by atoms with van der Waals surface area (Å²) < 4.78 is 11.3. The zero-order valence-corrected chi connectivity index (χ0v) is 21.2. The molecule has 0 aromatic heterocycles. The first-order valence-corrected chi connectivity index (χ1v) is 12.3. The molecule has 4 aromatic carbocycles. The predicted octanol–water partition coefficient (Wildman–Crippen LogP) is 4.32. The number of carbonyl (C=O) groups excluding carboxylic acids is 2. The number of phenols is 8. The standard InChI is InChI=1S/C30H20O12/c31-13-7-17(35)25-21(8-13)42-23(29(25)39)6-12-2-4-15(33)28(38)24(12)27-19(37)10-22-26(30(27)40)18(36)9-20(41-22)11-1-3-14(32)16(34)5-11/h1-8,10,20,31-35,37-38,40H,9H2/b23-6-/t20-/m0/s1. The molecule has 2 aliphatic heterocycles. The summed E-state index contributed by atoms with van der Waals surface area (Å²) in [4.78, 5) is 26.2. The van der Waals surface area contributed by atoms with E-state index in [2.05, 4.69) is 0 Å². The quantitative estimate of drug-likeness (QED) is 0.127. The normalized spacial score (nSPS) is 16.6. The Morgan fingerprint density at radius 3 is 2.10 bits per heavy atom. The molecule has 0 unspecified atom stereocenters. The summed E-state index contributed by atoms with van der Waals surface area (Å²) in [5.74, 6) is -6.68. The van der Waals surface area contributed by atoms with Crippen LogP contribution in [-0.4, -0.2) is 52.4 Å². The minimum absolute atomic E-state index is 0.0441. The topological polar surface area (TPSA) is 214 Å². The SMILES string of the molecule is O=C1/C(=C/c2ccc(O)c(O)c2-c2c(O)cc3c(c2O)C(=O)C[C@@H](c2ccc(O)c(O)c2)O3)Oc2cc(O)cc(O)c21. The van der Waals surface area contributed by atoms with Gasteiger partial charge in [-0.1, -0.05) is 12.1 Å². The highest BCUT2D eigenvalue weighted by molar-refractivity contribution is 6.16. The monoisotopic (exact) mass is 572 g/mol. The third-order valence-corrected chi connectivity index (χ3v) is 7.00. The van der Waals surface area contributed by atoms with Crippen molar-refractivity contribution in [3.05, 3.63) is 76.5 Å². The van der Waals surface area contributed by atoms with Crippen molar-refractivity contribution in [3.63, 3.8) is 0 Å². The summed E-state index contributed by atoms with van der Waals surface area (Å²) >= 11 is 0. The fourth-order valence-electron chi connectivity index (χ4n) is 5.03. The van der Waals surface area contributed by atoms with Crippen LogP contribution in [0.3, 0.4) is 0 Å². The van der Waals surface area contributed by atoms with Crippen LogP contribution >= 0.6 is 0 Å². The maximum Gasteiger partial charge on any atom is 0.235 e. The fourth-order valence-corrected chi connectivity index (χ4v) is 5.03. The molecule has 2 heterocycles. The molecule has 6 rings (SSSR count). The van der Waals surface area contributed by atoms with Crippen LogP contribution in [-0.2, 0) is 0 Å². The van der Waals surface area contributed by atoms with E-state index >= 15 is 0 Å². The summed E-state index contributed by atoms with van der Waals surface area (Å²) in [6.45, 7) is 0. The molecule has 4 aromatic rings. The molecule has 0 spiro atoms. The van der Waals surface area contributed by atoms with Crippen LogP contribution in [0.4, 0.5) is 0 Å². The van der Waals surface area contributed by atoms with Crippen molar-refractivity contribution < 1.29 is 59.9 Å². The van der Waals surface area contributed by atoms with Crippen molar-refractivity contribution in [1.29, 1.82) is 0 Å². The van der Waals surface area contributed by atoms with E-state index in [-0.39, 0.29) is 57.4 Å². The molecule has 0 aliphatic carbocycles. The van der Waals surface area contributed by atoms with Crippen LogP contribution in [0.2, 0.25) is 0 Å². The van der Waals surface area contributed by atoms with Gasteiger partial charge in [0.1, 0.15) is 51.7 Å². The Hall–Kier alpha value is -6.04. The van der Waals surface area contributed by atoms with Crippen LogP contribution < -0.4 is 9.47 Å². The molecular formula is C30H20O12. The second-order valence-corrected chi connectivity index (χ2v) is 9.65. The van der Waals surface area contributed by atoms with E-state index in [9.17, 15) is 50.4 Å². The van der Waals surface area contributed by atoms with Crippen LogP contribution in [0.15, 0.2) is 54.3 Å². The lowest BCUT2D eigenvalue weighted by Gasteiger charge is -2.27. The van der Waals surface area contributed by atoms with Gasteiger partial charge >= 0.3 is 0 Å². The van der Waals surface area contributed by atoms with E-state index in [0.29, 0.717) is 5.56 Å². The van der Waals surface area contributed by atoms with E-state index in [0.717, 1.165) is 30.3 Å².